The van der Waals surface area contributed by atoms with Crippen LogP contribution in [0.15, 0.2) is 34.7 Å². The third kappa shape index (κ3) is 3.79. The van der Waals surface area contributed by atoms with Crippen LogP contribution in [0.5, 0.6) is 0 Å². The van der Waals surface area contributed by atoms with E-state index in [1.54, 1.807) is 38.4 Å². The molecule has 3 heterocycles. The number of nitrogens with zero attached hydrogens (tertiary/aromatic N) is 3. The van der Waals surface area contributed by atoms with Crippen LogP contribution >= 0.6 is 0 Å². The van der Waals surface area contributed by atoms with Crippen LogP contribution in [0.3, 0.4) is 0 Å². The number of urea groups is 1. The summed E-state index contributed by atoms with van der Waals surface area (Å²) in [6, 6.07) is 8.98. The maximum Gasteiger partial charge on any atom is 0.325 e. The SMILES string of the molecule is Cc1ccc(-n2nc(C)c(NC(=O)CN3C(=O)NC(C)(c4cc(C)oc4C)C3=O)c2C)cc1. The van der Waals surface area contributed by atoms with Crippen molar-refractivity contribution < 1.29 is 18.8 Å². The van der Waals surface area contributed by atoms with Crippen molar-refractivity contribution in [1.29, 1.82) is 0 Å². The van der Waals surface area contributed by atoms with Gasteiger partial charge in [0.2, 0.25) is 5.91 Å². The molecule has 4 amide bonds. The van der Waals surface area contributed by atoms with Crippen LogP contribution in [0, 0.1) is 34.6 Å². The van der Waals surface area contributed by atoms with Crippen molar-refractivity contribution in [2.24, 2.45) is 0 Å². The average molecular weight is 450 g/mol. The van der Waals surface area contributed by atoms with Gasteiger partial charge in [0.25, 0.3) is 5.91 Å². The molecular weight excluding hydrogens is 422 g/mol. The molecule has 0 aliphatic carbocycles. The number of aryl methyl sites for hydroxylation is 4. The molecule has 1 aromatic carbocycles. The Balaban J connectivity index is 1.53. The molecule has 33 heavy (non-hydrogen) atoms. The molecular formula is C24H27N5O4. The molecule has 1 saturated heterocycles. The summed E-state index contributed by atoms with van der Waals surface area (Å²) in [4.78, 5) is 39.5. The van der Waals surface area contributed by atoms with Crippen LogP contribution in [-0.2, 0) is 15.1 Å². The van der Waals surface area contributed by atoms with E-state index in [0.29, 0.717) is 28.5 Å². The number of nitrogens with one attached hydrogen (secondary N) is 2. The van der Waals surface area contributed by atoms with Gasteiger partial charge in [-0.25, -0.2) is 9.48 Å². The molecule has 4 rings (SSSR count). The second kappa shape index (κ2) is 7.91. The van der Waals surface area contributed by atoms with Crippen molar-refractivity contribution in [3.8, 4) is 5.69 Å². The number of anilines is 1. The van der Waals surface area contributed by atoms with Gasteiger partial charge < -0.3 is 15.1 Å². The normalized spacial score (nSPS) is 18.1. The molecule has 0 bridgehead atoms. The minimum Gasteiger partial charge on any atom is -0.466 e. The van der Waals surface area contributed by atoms with E-state index in [1.807, 2.05) is 38.1 Å². The molecule has 1 aliphatic rings. The van der Waals surface area contributed by atoms with Crippen molar-refractivity contribution >= 4 is 23.5 Å². The Bertz CT molecular complexity index is 1270. The second-order valence-corrected chi connectivity index (χ2v) is 8.61. The molecule has 0 saturated carbocycles. The first kappa shape index (κ1) is 22.3. The molecule has 172 valence electrons. The number of furan rings is 1. The number of carbonyl (C=O) groups is 3. The highest BCUT2D eigenvalue weighted by molar-refractivity contribution is 6.10. The average Bonchev–Trinajstić information content (AvgIpc) is 3.31. The van der Waals surface area contributed by atoms with Crippen LogP contribution in [0.2, 0.25) is 0 Å². The maximum absolute atomic E-state index is 13.1. The zero-order valence-electron chi connectivity index (χ0n) is 19.6. The van der Waals surface area contributed by atoms with Gasteiger partial charge in [0.05, 0.1) is 22.8 Å². The summed E-state index contributed by atoms with van der Waals surface area (Å²) in [5, 5.41) is 10.1. The van der Waals surface area contributed by atoms with Crippen LogP contribution in [-0.4, -0.2) is 39.1 Å². The molecule has 0 spiro atoms. The summed E-state index contributed by atoms with van der Waals surface area (Å²) in [5.41, 5.74) is 3.22. The molecule has 9 nitrogen and oxygen atoms in total. The molecule has 2 N–H and O–H groups in total. The number of benzene rings is 1. The largest absolute Gasteiger partial charge is 0.466 e. The van der Waals surface area contributed by atoms with E-state index >= 15 is 0 Å². The van der Waals surface area contributed by atoms with Crippen molar-refractivity contribution in [2.45, 2.75) is 47.1 Å². The highest BCUT2D eigenvalue weighted by Crippen LogP contribution is 2.33. The van der Waals surface area contributed by atoms with Crippen molar-refractivity contribution in [2.75, 3.05) is 11.9 Å². The Kier molecular flexibility index (Phi) is 5.35. The lowest BCUT2D eigenvalue weighted by molar-refractivity contribution is -0.133. The van der Waals surface area contributed by atoms with Gasteiger partial charge in [-0.1, -0.05) is 17.7 Å². The molecule has 1 aliphatic heterocycles. The van der Waals surface area contributed by atoms with Crippen LogP contribution in [0.1, 0.15) is 41.0 Å². The monoisotopic (exact) mass is 449 g/mol. The summed E-state index contributed by atoms with van der Waals surface area (Å²) in [6.07, 6.45) is 0. The number of carbonyl (C=O) groups excluding carboxylic acids is 3. The van der Waals surface area contributed by atoms with Crippen LogP contribution < -0.4 is 10.6 Å². The Labute approximate surface area is 191 Å². The van der Waals surface area contributed by atoms with Crippen LogP contribution in [0.4, 0.5) is 10.5 Å². The molecule has 1 atom stereocenters. The van der Waals surface area contributed by atoms with Crippen molar-refractivity contribution in [3.05, 3.63) is 64.4 Å². The van der Waals surface area contributed by atoms with E-state index < -0.39 is 29.9 Å². The summed E-state index contributed by atoms with van der Waals surface area (Å²) in [6.45, 7) is 10.4. The molecule has 1 fully saturated rings. The van der Waals surface area contributed by atoms with E-state index in [2.05, 4.69) is 15.7 Å². The van der Waals surface area contributed by atoms with Gasteiger partial charge in [0.1, 0.15) is 23.6 Å². The maximum atomic E-state index is 13.1. The van der Waals surface area contributed by atoms with E-state index in [4.69, 9.17) is 4.42 Å². The fourth-order valence-corrected chi connectivity index (χ4v) is 4.23. The smallest absolute Gasteiger partial charge is 0.325 e. The number of amides is 4. The third-order valence-corrected chi connectivity index (χ3v) is 5.99. The minimum atomic E-state index is -1.29. The Hall–Kier alpha value is -3.88. The first-order valence-electron chi connectivity index (χ1n) is 10.7. The zero-order chi connectivity index (χ0) is 24.1. The van der Waals surface area contributed by atoms with Gasteiger partial charge in [0.15, 0.2) is 0 Å². The topological polar surface area (TPSA) is 109 Å². The van der Waals surface area contributed by atoms with E-state index in [1.165, 1.54) is 0 Å². The molecule has 1 unspecified atom stereocenters. The highest BCUT2D eigenvalue weighted by Gasteiger charge is 2.51. The number of hydrogen-bond donors (Lipinski definition) is 2. The molecule has 2 aromatic heterocycles. The fraction of sp³-hybridized carbons (Fsp3) is 0.333. The van der Waals surface area contributed by atoms with Gasteiger partial charge in [-0.2, -0.15) is 5.10 Å². The van der Waals surface area contributed by atoms with Crippen molar-refractivity contribution in [1.82, 2.24) is 20.0 Å². The van der Waals surface area contributed by atoms with Gasteiger partial charge in [-0.3, -0.25) is 14.5 Å². The molecule has 0 radical (unpaired) electrons. The summed E-state index contributed by atoms with van der Waals surface area (Å²) in [7, 11) is 0. The Morgan fingerprint density at radius 1 is 1.12 bits per heavy atom. The van der Waals surface area contributed by atoms with Gasteiger partial charge in [-0.15, -0.1) is 0 Å². The highest BCUT2D eigenvalue weighted by atomic mass is 16.3. The van der Waals surface area contributed by atoms with Gasteiger partial charge >= 0.3 is 6.03 Å². The van der Waals surface area contributed by atoms with Gasteiger partial charge in [0, 0.05) is 5.56 Å². The lowest BCUT2D eigenvalue weighted by Gasteiger charge is -2.21. The molecule has 3 aromatic rings. The predicted molar refractivity (Wildman–Crippen MR) is 122 cm³/mol. The predicted octanol–water partition coefficient (Wildman–Crippen LogP) is 3.41. The number of imide groups is 1. The standard InChI is InChI=1S/C24H27N5O4/c1-13-7-9-18(10-8-13)29-16(4)21(15(3)27-29)25-20(30)12-28-22(31)24(6,26-23(28)32)19-11-14(2)33-17(19)5/h7-11H,12H2,1-6H3,(H,25,30)(H,26,32). The van der Waals surface area contributed by atoms with Gasteiger partial charge in [-0.05, 0) is 59.7 Å². The van der Waals surface area contributed by atoms with Crippen molar-refractivity contribution in [3.63, 3.8) is 0 Å². The van der Waals surface area contributed by atoms with Crippen LogP contribution in [0.25, 0.3) is 5.69 Å². The first-order valence-corrected chi connectivity index (χ1v) is 10.7. The zero-order valence-corrected chi connectivity index (χ0v) is 19.6. The minimum absolute atomic E-state index is 0.412. The first-order chi connectivity index (χ1) is 15.5. The van der Waals surface area contributed by atoms with E-state index in [-0.39, 0.29) is 0 Å². The number of rotatable bonds is 5. The quantitative estimate of drug-likeness (QED) is 0.580. The van der Waals surface area contributed by atoms with E-state index in [0.717, 1.165) is 21.8 Å². The molecule has 9 heteroatoms. The third-order valence-electron chi connectivity index (χ3n) is 5.99. The fourth-order valence-electron chi connectivity index (χ4n) is 4.23. The summed E-state index contributed by atoms with van der Waals surface area (Å²) >= 11 is 0. The lowest BCUT2D eigenvalue weighted by atomic mass is 9.92. The Morgan fingerprint density at radius 3 is 2.39 bits per heavy atom. The van der Waals surface area contributed by atoms with E-state index in [9.17, 15) is 14.4 Å². The summed E-state index contributed by atoms with van der Waals surface area (Å²) < 4.78 is 7.28. The summed E-state index contributed by atoms with van der Waals surface area (Å²) in [5.74, 6) is 0.191. The number of hydrogen-bond acceptors (Lipinski definition) is 5. The number of aromatic nitrogens is 2. The Morgan fingerprint density at radius 2 is 1.79 bits per heavy atom. The second-order valence-electron chi connectivity index (χ2n) is 8.61. The lowest BCUT2D eigenvalue weighted by Crippen LogP contribution is -2.42.